The maximum atomic E-state index is 12.9. The Balaban J connectivity index is 1.73. The van der Waals surface area contributed by atoms with Gasteiger partial charge < -0.3 is 10.6 Å². The van der Waals surface area contributed by atoms with Crippen LogP contribution in [0.25, 0.3) is 0 Å². The summed E-state index contributed by atoms with van der Waals surface area (Å²) >= 11 is 1.34. The molecule has 0 aliphatic rings. The van der Waals surface area contributed by atoms with Crippen LogP contribution < -0.4 is 10.6 Å². The number of benzene rings is 1. The number of nitrogens with one attached hydrogen (secondary N) is 2. The number of aromatic nitrogens is 2. The largest absolute Gasteiger partial charge is 0.345 e. The lowest BCUT2D eigenvalue weighted by molar-refractivity contribution is -0.127. The molecule has 7 heteroatoms. The lowest BCUT2D eigenvalue weighted by atomic mass is 10.0. The van der Waals surface area contributed by atoms with Crippen molar-refractivity contribution in [3.63, 3.8) is 0 Å². The molecule has 3 aromatic rings. The summed E-state index contributed by atoms with van der Waals surface area (Å²) in [7, 11) is 0. The molecule has 0 unspecified atom stereocenters. The molecular weight excluding hydrogens is 360 g/mol. The monoisotopic (exact) mass is 382 g/mol. The normalized spacial score (nSPS) is 12.4. The van der Waals surface area contributed by atoms with Gasteiger partial charge in [0.15, 0.2) is 0 Å². The number of hydrogen-bond donors (Lipinski definition) is 2. The molecule has 2 amide bonds. The summed E-state index contributed by atoms with van der Waals surface area (Å²) in [6.07, 6.45) is 3.56. The topological polar surface area (TPSA) is 76.0 Å². The van der Waals surface area contributed by atoms with Crippen molar-refractivity contribution in [3.05, 3.63) is 76.7 Å². The van der Waals surface area contributed by atoms with E-state index in [0.717, 1.165) is 5.56 Å². The molecule has 0 saturated carbocycles. The molecule has 0 aliphatic carbocycles. The standard InChI is InChI=1S/C20H22N4O2S/c1-20(2,23-18(25)17-10-6-13-27-17)19(26)22-16(14-24-12-7-11-21-24)15-8-4-3-5-9-15/h3-13,16H,14H2,1-2H3,(H,22,26)(H,23,25)/t16-/m1/s1. The summed E-state index contributed by atoms with van der Waals surface area (Å²) in [5.74, 6) is -0.512. The fraction of sp³-hybridized carbons (Fsp3) is 0.250. The van der Waals surface area contributed by atoms with Gasteiger partial charge in [-0.05, 0) is 36.9 Å². The Morgan fingerprint density at radius 3 is 2.56 bits per heavy atom. The van der Waals surface area contributed by atoms with Gasteiger partial charge in [-0.15, -0.1) is 11.3 Å². The fourth-order valence-corrected chi connectivity index (χ4v) is 3.28. The fourth-order valence-electron chi connectivity index (χ4n) is 2.66. The minimum Gasteiger partial charge on any atom is -0.345 e. The molecule has 0 radical (unpaired) electrons. The minimum atomic E-state index is -1.06. The second-order valence-corrected chi connectivity index (χ2v) is 7.67. The van der Waals surface area contributed by atoms with Gasteiger partial charge in [0.2, 0.25) is 5.91 Å². The van der Waals surface area contributed by atoms with E-state index in [4.69, 9.17) is 0 Å². The Bertz CT molecular complexity index is 874. The highest BCUT2D eigenvalue weighted by Crippen LogP contribution is 2.17. The number of rotatable bonds is 7. The van der Waals surface area contributed by atoms with E-state index in [9.17, 15) is 9.59 Å². The van der Waals surface area contributed by atoms with Gasteiger partial charge in [0.05, 0.1) is 17.5 Å². The van der Waals surface area contributed by atoms with Crippen molar-refractivity contribution in [2.24, 2.45) is 0 Å². The highest BCUT2D eigenvalue weighted by atomic mass is 32.1. The third-order valence-electron chi connectivity index (χ3n) is 4.17. The molecule has 140 valence electrons. The van der Waals surface area contributed by atoms with E-state index in [0.29, 0.717) is 11.4 Å². The molecule has 2 heterocycles. The van der Waals surface area contributed by atoms with Crippen LogP contribution in [0.4, 0.5) is 0 Å². The van der Waals surface area contributed by atoms with Crippen molar-refractivity contribution in [2.45, 2.75) is 32.0 Å². The Kier molecular flexibility index (Phi) is 5.71. The molecule has 1 atom stereocenters. The second kappa shape index (κ2) is 8.18. The zero-order valence-corrected chi connectivity index (χ0v) is 16.1. The van der Waals surface area contributed by atoms with Crippen LogP contribution in [0.3, 0.4) is 0 Å². The zero-order valence-electron chi connectivity index (χ0n) is 15.3. The molecule has 0 saturated heterocycles. The summed E-state index contributed by atoms with van der Waals surface area (Å²) in [5, 5.41) is 11.9. The molecule has 1 aromatic carbocycles. The van der Waals surface area contributed by atoms with E-state index in [1.165, 1.54) is 11.3 Å². The zero-order chi connectivity index (χ0) is 19.3. The average Bonchev–Trinajstić information content (AvgIpc) is 3.35. The molecule has 2 N–H and O–H groups in total. The Hall–Kier alpha value is -2.93. The van der Waals surface area contributed by atoms with Gasteiger partial charge in [0.1, 0.15) is 5.54 Å². The number of hydrogen-bond acceptors (Lipinski definition) is 4. The SMILES string of the molecule is CC(C)(NC(=O)c1cccs1)C(=O)N[C@H](Cn1cccn1)c1ccccc1. The van der Waals surface area contributed by atoms with E-state index < -0.39 is 5.54 Å². The van der Waals surface area contributed by atoms with Crippen LogP contribution in [0.15, 0.2) is 66.3 Å². The van der Waals surface area contributed by atoms with E-state index in [1.54, 1.807) is 30.8 Å². The Morgan fingerprint density at radius 1 is 1.15 bits per heavy atom. The van der Waals surface area contributed by atoms with Gasteiger partial charge in [-0.2, -0.15) is 5.10 Å². The number of thiophene rings is 1. The summed E-state index contributed by atoms with van der Waals surface area (Å²) < 4.78 is 1.77. The summed E-state index contributed by atoms with van der Waals surface area (Å²) in [4.78, 5) is 25.8. The molecule has 3 rings (SSSR count). The third-order valence-corrected chi connectivity index (χ3v) is 5.04. The van der Waals surface area contributed by atoms with Crippen LogP contribution in [0.5, 0.6) is 0 Å². The minimum absolute atomic E-state index is 0.256. The molecule has 0 aliphatic heterocycles. The smallest absolute Gasteiger partial charge is 0.262 e. The highest BCUT2D eigenvalue weighted by molar-refractivity contribution is 7.12. The van der Waals surface area contributed by atoms with Crippen LogP contribution >= 0.6 is 11.3 Å². The summed E-state index contributed by atoms with van der Waals surface area (Å²) in [5.41, 5.74) is -0.0835. The van der Waals surface area contributed by atoms with Gasteiger partial charge in [-0.25, -0.2) is 0 Å². The average molecular weight is 382 g/mol. The van der Waals surface area contributed by atoms with Gasteiger partial charge >= 0.3 is 0 Å². The Labute approximate surface area is 162 Å². The number of carbonyl (C=O) groups excluding carboxylic acids is 2. The molecule has 0 spiro atoms. The predicted octanol–water partition coefficient (Wildman–Crippen LogP) is 3.01. The first-order valence-corrected chi connectivity index (χ1v) is 9.53. The second-order valence-electron chi connectivity index (χ2n) is 6.72. The van der Waals surface area contributed by atoms with E-state index in [1.807, 2.05) is 54.0 Å². The molecular formula is C20H22N4O2S. The molecule has 6 nitrogen and oxygen atoms in total. The number of amides is 2. The molecule has 27 heavy (non-hydrogen) atoms. The summed E-state index contributed by atoms with van der Waals surface area (Å²) in [6.45, 7) is 3.89. The quantitative estimate of drug-likeness (QED) is 0.659. The molecule has 0 fully saturated rings. The van der Waals surface area contributed by atoms with Crippen molar-refractivity contribution < 1.29 is 9.59 Å². The molecule has 2 aromatic heterocycles. The molecule has 0 bridgehead atoms. The van der Waals surface area contributed by atoms with Crippen LogP contribution in [0.1, 0.15) is 35.1 Å². The first-order chi connectivity index (χ1) is 13.0. The maximum Gasteiger partial charge on any atom is 0.262 e. The maximum absolute atomic E-state index is 12.9. The number of carbonyl (C=O) groups is 2. The van der Waals surface area contributed by atoms with Crippen molar-refractivity contribution >= 4 is 23.2 Å². The highest BCUT2D eigenvalue weighted by Gasteiger charge is 2.32. The lowest BCUT2D eigenvalue weighted by Crippen LogP contribution is -2.55. The third kappa shape index (κ3) is 4.83. The van der Waals surface area contributed by atoms with Crippen LogP contribution in [-0.2, 0) is 11.3 Å². The predicted molar refractivity (Wildman–Crippen MR) is 105 cm³/mol. The van der Waals surface area contributed by atoms with Gasteiger partial charge in [-0.3, -0.25) is 14.3 Å². The van der Waals surface area contributed by atoms with Gasteiger partial charge in [0, 0.05) is 12.4 Å². The van der Waals surface area contributed by atoms with Gasteiger partial charge in [-0.1, -0.05) is 36.4 Å². The van der Waals surface area contributed by atoms with E-state index in [-0.39, 0.29) is 17.9 Å². The first kappa shape index (κ1) is 18.8. The van der Waals surface area contributed by atoms with Crippen LogP contribution in [0.2, 0.25) is 0 Å². The first-order valence-electron chi connectivity index (χ1n) is 8.65. The van der Waals surface area contributed by atoms with E-state index in [2.05, 4.69) is 15.7 Å². The lowest BCUT2D eigenvalue weighted by Gasteiger charge is -2.28. The van der Waals surface area contributed by atoms with Crippen molar-refractivity contribution in [1.82, 2.24) is 20.4 Å². The van der Waals surface area contributed by atoms with Crippen LogP contribution in [-0.4, -0.2) is 27.1 Å². The van der Waals surface area contributed by atoms with Gasteiger partial charge in [0.25, 0.3) is 5.91 Å². The Morgan fingerprint density at radius 2 is 1.93 bits per heavy atom. The van der Waals surface area contributed by atoms with Crippen molar-refractivity contribution in [2.75, 3.05) is 0 Å². The number of nitrogens with zero attached hydrogens (tertiary/aromatic N) is 2. The summed E-state index contributed by atoms with van der Waals surface area (Å²) in [6, 6.07) is 14.8. The van der Waals surface area contributed by atoms with E-state index >= 15 is 0 Å². The van der Waals surface area contributed by atoms with Crippen molar-refractivity contribution in [1.29, 1.82) is 0 Å². The van der Waals surface area contributed by atoms with Crippen LogP contribution in [0, 0.1) is 0 Å². The van der Waals surface area contributed by atoms with Crippen molar-refractivity contribution in [3.8, 4) is 0 Å².